The van der Waals surface area contributed by atoms with E-state index in [0.29, 0.717) is 11.1 Å². The van der Waals surface area contributed by atoms with Crippen LogP contribution in [0.3, 0.4) is 0 Å². The molecule has 7 aromatic carbocycles. The highest BCUT2D eigenvalue weighted by Gasteiger charge is 2.25. The molecule has 25 heteroatoms. The molecular formula is C36H25N7O14S4. The summed E-state index contributed by atoms with van der Waals surface area (Å²) in [7, 11) is -19.7. The zero-order valence-electron chi connectivity index (χ0n) is 30.2. The molecule has 0 saturated heterocycles. The third-order valence-electron chi connectivity index (χ3n) is 8.86. The van der Waals surface area contributed by atoms with Gasteiger partial charge in [-0.3, -0.25) is 18.2 Å². The quantitative estimate of drug-likeness (QED) is 0.0385. The number of rotatable bonds is 10. The van der Waals surface area contributed by atoms with E-state index < -0.39 is 77.2 Å². The number of anilines is 1. The summed E-state index contributed by atoms with van der Waals surface area (Å²) >= 11 is 0. The number of phenolic OH excluding ortho intramolecular Hbond substituents is 2. The standard InChI is InChI=1S/C36H25N7O14S4/c37-28-17-25-18(13-33(28)60(52,53)54)14-34(61(55,56)57)35(36(25)45)43-42-32-12-10-30(24-8-6-22(16-27(24)32)59(49,50)51)40-41-31-11-9-29(39-38-19-1-3-20(44)4-2-19)23-7-5-21(15-26(23)31)58(46,47)48/h1-17,44-45H,37H2,(H,46,47,48)(H,49,50,51)(H,52,53,54)(H,55,56,57). The molecule has 0 aliphatic heterocycles. The van der Waals surface area contributed by atoms with E-state index in [9.17, 15) is 62.1 Å². The predicted octanol–water partition coefficient (Wildman–Crippen LogP) is 8.37. The molecule has 312 valence electrons. The molecule has 0 aliphatic carbocycles. The maximum Gasteiger partial charge on any atom is 0.296 e. The smallest absolute Gasteiger partial charge is 0.296 e. The molecule has 7 rings (SSSR count). The van der Waals surface area contributed by atoms with Crippen LogP contribution in [-0.4, -0.2) is 62.1 Å². The molecule has 0 radical (unpaired) electrons. The molecular weight excluding hydrogens is 883 g/mol. The predicted molar refractivity (Wildman–Crippen MR) is 218 cm³/mol. The third kappa shape index (κ3) is 8.74. The van der Waals surface area contributed by atoms with E-state index in [1.807, 2.05) is 0 Å². The topological polar surface area (TPSA) is 358 Å². The van der Waals surface area contributed by atoms with Gasteiger partial charge in [0.05, 0.1) is 43.9 Å². The molecule has 21 nitrogen and oxygen atoms in total. The van der Waals surface area contributed by atoms with Crippen LogP contribution in [0.2, 0.25) is 0 Å². The molecule has 0 aromatic heterocycles. The first-order valence-corrected chi connectivity index (χ1v) is 22.4. The maximum atomic E-state index is 12.5. The van der Waals surface area contributed by atoms with Crippen molar-refractivity contribution in [1.82, 2.24) is 0 Å². The van der Waals surface area contributed by atoms with Crippen molar-refractivity contribution in [2.24, 2.45) is 30.7 Å². The van der Waals surface area contributed by atoms with Crippen molar-refractivity contribution >= 4 is 113 Å². The molecule has 0 bridgehead atoms. The Hall–Kier alpha value is -6.84. The monoisotopic (exact) mass is 907 g/mol. The zero-order chi connectivity index (χ0) is 44.2. The number of fused-ring (bicyclic) bond motifs is 3. The molecule has 8 N–H and O–H groups in total. The fraction of sp³-hybridized carbons (Fsp3) is 0. The summed E-state index contributed by atoms with van der Waals surface area (Å²) < 4.78 is 136. The molecule has 7 aromatic rings. The van der Waals surface area contributed by atoms with Crippen molar-refractivity contribution in [1.29, 1.82) is 0 Å². The average Bonchev–Trinajstić information content (AvgIpc) is 3.18. The van der Waals surface area contributed by atoms with Crippen molar-refractivity contribution in [3.8, 4) is 11.5 Å². The van der Waals surface area contributed by atoms with Crippen LogP contribution in [0.15, 0.2) is 153 Å². The van der Waals surface area contributed by atoms with Gasteiger partial charge in [0.25, 0.3) is 40.5 Å². The molecule has 0 heterocycles. The Labute approximate surface area is 343 Å². The molecule has 61 heavy (non-hydrogen) atoms. The molecule has 0 unspecified atom stereocenters. The molecule has 0 spiro atoms. The number of nitrogen functional groups attached to an aromatic ring is 1. The van der Waals surface area contributed by atoms with Gasteiger partial charge < -0.3 is 15.9 Å². The van der Waals surface area contributed by atoms with Crippen LogP contribution in [0.5, 0.6) is 11.5 Å². The number of nitrogens with two attached hydrogens (primary N) is 1. The van der Waals surface area contributed by atoms with Gasteiger partial charge >= 0.3 is 0 Å². The first-order chi connectivity index (χ1) is 28.5. The Kier molecular flexibility index (Phi) is 10.6. The summed E-state index contributed by atoms with van der Waals surface area (Å²) in [5.74, 6) is -0.944. The van der Waals surface area contributed by atoms with Gasteiger partial charge in [0.2, 0.25) is 0 Å². The SMILES string of the molecule is Nc1cc2c(O)c(N=Nc3ccc(N=Nc4ccc(N=Nc5ccc(O)cc5)c5ccc(S(=O)(=O)O)cc45)c4ccc(S(=O)(=O)O)cc34)c(S(=O)(=O)O)cc2cc1S(=O)(=O)O. The van der Waals surface area contributed by atoms with Gasteiger partial charge in [-0.2, -0.15) is 38.8 Å². The van der Waals surface area contributed by atoms with E-state index in [1.54, 1.807) is 0 Å². The van der Waals surface area contributed by atoms with Crippen LogP contribution in [0.4, 0.5) is 39.8 Å². The van der Waals surface area contributed by atoms with Gasteiger partial charge in [-0.1, -0.05) is 12.1 Å². The van der Waals surface area contributed by atoms with Crippen LogP contribution in [-0.2, 0) is 40.5 Å². The summed E-state index contributed by atoms with van der Waals surface area (Å²) in [6.07, 6.45) is 0. The van der Waals surface area contributed by atoms with Gasteiger partial charge in [0, 0.05) is 26.9 Å². The van der Waals surface area contributed by atoms with Crippen LogP contribution in [0.1, 0.15) is 0 Å². The highest BCUT2D eigenvalue weighted by atomic mass is 32.2. The Balaban J connectivity index is 1.36. The first kappa shape index (κ1) is 42.3. The number of benzene rings is 7. The molecule has 0 saturated carbocycles. The summed E-state index contributed by atoms with van der Waals surface area (Å²) in [6, 6.07) is 20.5. The minimum Gasteiger partial charge on any atom is -0.508 e. The Bertz CT molecular complexity index is 3570. The number of hydrogen-bond donors (Lipinski definition) is 7. The zero-order valence-corrected chi connectivity index (χ0v) is 33.4. The lowest BCUT2D eigenvalue weighted by Crippen LogP contribution is -2.04. The Morgan fingerprint density at radius 1 is 0.410 bits per heavy atom. The highest BCUT2D eigenvalue weighted by Crippen LogP contribution is 2.45. The molecule has 0 fully saturated rings. The van der Waals surface area contributed by atoms with Gasteiger partial charge in [-0.05, 0) is 96.4 Å². The van der Waals surface area contributed by atoms with E-state index >= 15 is 0 Å². The Morgan fingerprint density at radius 2 is 0.836 bits per heavy atom. The Morgan fingerprint density at radius 3 is 1.30 bits per heavy atom. The summed E-state index contributed by atoms with van der Waals surface area (Å²) in [6.45, 7) is 0. The molecule has 0 atom stereocenters. The average molecular weight is 908 g/mol. The van der Waals surface area contributed by atoms with Crippen molar-refractivity contribution in [2.75, 3.05) is 5.73 Å². The lowest BCUT2D eigenvalue weighted by Gasteiger charge is -2.11. The van der Waals surface area contributed by atoms with Crippen molar-refractivity contribution in [2.45, 2.75) is 19.6 Å². The van der Waals surface area contributed by atoms with Gasteiger partial charge in [-0.15, -0.1) is 25.6 Å². The first-order valence-electron chi connectivity index (χ1n) is 16.7. The van der Waals surface area contributed by atoms with Crippen molar-refractivity contribution < 1.29 is 62.1 Å². The number of azo groups is 3. The van der Waals surface area contributed by atoms with E-state index in [4.69, 9.17) is 5.73 Å². The van der Waals surface area contributed by atoms with Crippen LogP contribution in [0.25, 0.3) is 32.3 Å². The van der Waals surface area contributed by atoms with Crippen LogP contribution in [0, 0.1) is 0 Å². The van der Waals surface area contributed by atoms with E-state index in [1.165, 1.54) is 60.7 Å². The van der Waals surface area contributed by atoms with Gasteiger partial charge in [0.15, 0.2) is 5.75 Å². The largest absolute Gasteiger partial charge is 0.508 e. The number of nitrogens with zero attached hydrogens (tertiary/aromatic N) is 6. The molecule has 0 aliphatic rings. The summed E-state index contributed by atoms with van der Waals surface area (Å²) in [5.41, 5.74) is 4.86. The second-order valence-corrected chi connectivity index (χ2v) is 18.4. The normalized spacial score (nSPS) is 13.1. The summed E-state index contributed by atoms with van der Waals surface area (Å²) in [4.78, 5) is -2.99. The van der Waals surface area contributed by atoms with E-state index in [2.05, 4.69) is 30.7 Å². The second kappa shape index (κ2) is 15.3. The van der Waals surface area contributed by atoms with E-state index in [0.717, 1.165) is 42.5 Å². The third-order valence-corrected chi connectivity index (χ3v) is 12.3. The molecule has 0 amide bonds. The van der Waals surface area contributed by atoms with Gasteiger partial charge in [0.1, 0.15) is 21.2 Å². The minimum atomic E-state index is -5.23. The number of aromatic hydroxyl groups is 2. The second-order valence-electron chi connectivity index (χ2n) is 12.8. The number of hydrogen-bond acceptors (Lipinski definition) is 17. The maximum absolute atomic E-state index is 12.5. The number of phenols is 2. The van der Waals surface area contributed by atoms with Gasteiger partial charge in [-0.25, -0.2) is 0 Å². The fourth-order valence-corrected chi connectivity index (χ4v) is 8.32. The fourth-order valence-electron chi connectivity index (χ4n) is 6.01. The minimum absolute atomic E-state index is 0.00682. The lowest BCUT2D eigenvalue weighted by molar-refractivity contribution is 0.472. The lowest BCUT2D eigenvalue weighted by atomic mass is 10.1. The van der Waals surface area contributed by atoms with Crippen molar-refractivity contribution in [3.63, 3.8) is 0 Å². The van der Waals surface area contributed by atoms with Crippen LogP contribution < -0.4 is 5.73 Å². The highest BCUT2D eigenvalue weighted by molar-refractivity contribution is 7.86. The van der Waals surface area contributed by atoms with Crippen LogP contribution >= 0.6 is 0 Å². The van der Waals surface area contributed by atoms with Crippen molar-refractivity contribution in [3.05, 3.63) is 103 Å². The van der Waals surface area contributed by atoms with E-state index in [-0.39, 0.29) is 55.4 Å². The summed E-state index contributed by atoms with van der Waals surface area (Å²) in [5, 5.41) is 45.4.